The number of benzene rings is 1. The summed E-state index contributed by atoms with van der Waals surface area (Å²) in [6.45, 7) is 5.64. The maximum atomic E-state index is 12.2. The molecule has 0 saturated carbocycles. The Morgan fingerprint density at radius 3 is 2.85 bits per heavy atom. The van der Waals surface area contributed by atoms with Gasteiger partial charge in [-0.3, -0.25) is 0 Å². The van der Waals surface area contributed by atoms with Crippen LogP contribution in [0.15, 0.2) is 27.6 Å². The van der Waals surface area contributed by atoms with Crippen LogP contribution >= 0.6 is 27.5 Å². The van der Waals surface area contributed by atoms with E-state index in [1.807, 2.05) is 0 Å². The number of rotatable bonds is 5. The topological polar surface area (TPSA) is 49.4 Å². The van der Waals surface area contributed by atoms with Crippen molar-refractivity contribution in [2.45, 2.75) is 18.2 Å². The fourth-order valence-corrected chi connectivity index (χ4v) is 4.11. The largest absolute Gasteiger partial charge is 0.303 e. The molecule has 0 spiro atoms. The predicted molar refractivity (Wildman–Crippen MR) is 84.6 cm³/mol. The molecule has 1 aromatic carbocycles. The Kier molecular flexibility index (Phi) is 5.48. The highest BCUT2D eigenvalue weighted by Gasteiger charge is 2.23. The summed E-state index contributed by atoms with van der Waals surface area (Å²) in [6, 6.07) is 4.62. The predicted octanol–water partition coefficient (Wildman–Crippen LogP) is 2.72. The minimum atomic E-state index is -3.47. The molecule has 0 aromatic heterocycles. The van der Waals surface area contributed by atoms with Crippen molar-refractivity contribution in [2.75, 3.05) is 26.2 Å². The molecule has 1 aliphatic heterocycles. The minimum absolute atomic E-state index is 0.235. The molecule has 1 atom stereocenters. The van der Waals surface area contributed by atoms with Crippen LogP contribution in [0.5, 0.6) is 0 Å². The average Bonchev–Trinajstić information content (AvgIpc) is 2.87. The lowest BCUT2D eigenvalue weighted by atomic mass is 10.1. The van der Waals surface area contributed by atoms with E-state index >= 15 is 0 Å². The standard InChI is InChI=1S/C13H18BrClN2O2S/c1-2-17-6-5-10(9-17)8-16-20(18,19)11-3-4-13(15)12(14)7-11/h3-4,7,10,16H,2,5-6,8-9H2,1H3. The second kappa shape index (κ2) is 6.75. The van der Waals surface area contributed by atoms with E-state index in [0.29, 0.717) is 22.0 Å². The van der Waals surface area contributed by atoms with Gasteiger partial charge in [-0.1, -0.05) is 18.5 Å². The number of hydrogen-bond donors (Lipinski definition) is 1. The van der Waals surface area contributed by atoms with E-state index in [-0.39, 0.29) is 4.90 Å². The summed E-state index contributed by atoms with van der Waals surface area (Å²) in [4.78, 5) is 2.57. The Morgan fingerprint density at radius 1 is 1.50 bits per heavy atom. The van der Waals surface area contributed by atoms with Crippen molar-refractivity contribution in [3.05, 3.63) is 27.7 Å². The highest BCUT2D eigenvalue weighted by Crippen LogP contribution is 2.25. The molecule has 1 N–H and O–H groups in total. The van der Waals surface area contributed by atoms with Crippen molar-refractivity contribution in [3.63, 3.8) is 0 Å². The van der Waals surface area contributed by atoms with Gasteiger partial charge in [0.2, 0.25) is 10.0 Å². The second-order valence-corrected chi connectivity index (χ2v) is 8.00. The SMILES string of the molecule is CCN1CCC(CNS(=O)(=O)c2ccc(Cl)c(Br)c2)C1. The van der Waals surface area contributed by atoms with Gasteiger partial charge in [0, 0.05) is 17.6 Å². The zero-order chi connectivity index (χ0) is 14.8. The van der Waals surface area contributed by atoms with Crippen molar-refractivity contribution in [1.82, 2.24) is 9.62 Å². The summed E-state index contributed by atoms with van der Waals surface area (Å²) in [5.41, 5.74) is 0. The van der Waals surface area contributed by atoms with Crippen molar-refractivity contribution in [1.29, 1.82) is 0 Å². The zero-order valence-corrected chi connectivity index (χ0v) is 14.4. The molecule has 0 radical (unpaired) electrons. The zero-order valence-electron chi connectivity index (χ0n) is 11.3. The molecule has 1 aliphatic rings. The highest BCUT2D eigenvalue weighted by molar-refractivity contribution is 9.10. The van der Waals surface area contributed by atoms with E-state index < -0.39 is 10.0 Å². The van der Waals surface area contributed by atoms with Crippen LogP contribution in [-0.4, -0.2) is 39.5 Å². The quantitative estimate of drug-likeness (QED) is 0.853. The number of likely N-dealkylation sites (tertiary alicyclic amines) is 1. The first-order valence-electron chi connectivity index (χ1n) is 6.59. The molecule has 1 saturated heterocycles. The van der Waals surface area contributed by atoms with Crippen LogP contribution < -0.4 is 4.72 Å². The van der Waals surface area contributed by atoms with Gasteiger partial charge in [-0.05, 0) is 59.6 Å². The average molecular weight is 382 g/mol. The molecule has 4 nitrogen and oxygen atoms in total. The van der Waals surface area contributed by atoms with Gasteiger partial charge in [-0.15, -0.1) is 0 Å². The first-order chi connectivity index (χ1) is 9.42. The van der Waals surface area contributed by atoms with Gasteiger partial charge in [0.25, 0.3) is 0 Å². The second-order valence-electron chi connectivity index (χ2n) is 4.98. The number of halogens is 2. The molecule has 0 aliphatic carbocycles. The third-order valence-corrected chi connectivity index (χ3v) is 6.22. The molecular formula is C13H18BrClN2O2S. The third-order valence-electron chi connectivity index (χ3n) is 3.58. The van der Waals surface area contributed by atoms with Gasteiger partial charge in [-0.2, -0.15) is 0 Å². The summed E-state index contributed by atoms with van der Waals surface area (Å²) < 4.78 is 27.7. The van der Waals surface area contributed by atoms with E-state index in [1.54, 1.807) is 6.07 Å². The molecule has 0 bridgehead atoms. The van der Waals surface area contributed by atoms with Crippen molar-refractivity contribution in [3.8, 4) is 0 Å². The van der Waals surface area contributed by atoms with Crippen LogP contribution in [-0.2, 0) is 10.0 Å². The van der Waals surface area contributed by atoms with E-state index in [1.165, 1.54) is 12.1 Å². The molecule has 20 heavy (non-hydrogen) atoms. The van der Waals surface area contributed by atoms with Gasteiger partial charge >= 0.3 is 0 Å². The van der Waals surface area contributed by atoms with Gasteiger partial charge in [0.15, 0.2) is 0 Å². The lowest BCUT2D eigenvalue weighted by molar-refractivity contribution is 0.342. The van der Waals surface area contributed by atoms with Crippen LogP contribution in [0.25, 0.3) is 0 Å². The lowest BCUT2D eigenvalue weighted by Gasteiger charge is -2.14. The smallest absolute Gasteiger partial charge is 0.240 e. The molecule has 7 heteroatoms. The fraction of sp³-hybridized carbons (Fsp3) is 0.538. The summed E-state index contributed by atoms with van der Waals surface area (Å²) in [5, 5.41) is 0.498. The van der Waals surface area contributed by atoms with Gasteiger partial charge in [0.05, 0.1) is 9.92 Å². The van der Waals surface area contributed by atoms with Crippen LogP contribution in [0.3, 0.4) is 0 Å². The lowest BCUT2D eigenvalue weighted by Crippen LogP contribution is -2.31. The maximum absolute atomic E-state index is 12.2. The highest BCUT2D eigenvalue weighted by atomic mass is 79.9. The molecule has 2 rings (SSSR count). The Hall–Kier alpha value is -0.140. The first-order valence-corrected chi connectivity index (χ1v) is 9.25. The Balaban J connectivity index is 1.99. The molecule has 0 amide bonds. The number of sulfonamides is 1. The Bertz CT molecular complexity index is 580. The molecule has 112 valence electrons. The summed E-state index contributed by atoms with van der Waals surface area (Å²) in [6.07, 6.45) is 1.04. The maximum Gasteiger partial charge on any atom is 0.240 e. The summed E-state index contributed by atoms with van der Waals surface area (Å²) >= 11 is 9.12. The Labute approximate surface area is 133 Å². The summed E-state index contributed by atoms with van der Waals surface area (Å²) in [7, 11) is -3.47. The van der Waals surface area contributed by atoms with Crippen LogP contribution in [0.2, 0.25) is 5.02 Å². The number of hydrogen-bond acceptors (Lipinski definition) is 3. The molecule has 1 aromatic rings. The third kappa shape index (κ3) is 3.95. The normalized spacial score (nSPS) is 20.4. The van der Waals surface area contributed by atoms with Crippen LogP contribution in [0.1, 0.15) is 13.3 Å². The van der Waals surface area contributed by atoms with Crippen molar-refractivity contribution >= 4 is 37.6 Å². The fourth-order valence-electron chi connectivity index (χ4n) is 2.32. The van der Waals surface area contributed by atoms with Crippen molar-refractivity contribution < 1.29 is 8.42 Å². The van der Waals surface area contributed by atoms with Crippen LogP contribution in [0.4, 0.5) is 0 Å². The summed E-state index contributed by atoms with van der Waals surface area (Å²) in [5.74, 6) is 0.389. The number of nitrogens with one attached hydrogen (secondary N) is 1. The number of nitrogens with zero attached hydrogens (tertiary/aromatic N) is 1. The van der Waals surface area contributed by atoms with Crippen LogP contribution in [0, 0.1) is 5.92 Å². The minimum Gasteiger partial charge on any atom is -0.303 e. The van der Waals surface area contributed by atoms with Gasteiger partial charge in [-0.25, -0.2) is 13.1 Å². The monoisotopic (exact) mass is 380 g/mol. The Morgan fingerprint density at radius 2 is 2.25 bits per heavy atom. The molecular weight excluding hydrogens is 364 g/mol. The van der Waals surface area contributed by atoms with E-state index in [4.69, 9.17) is 11.6 Å². The molecule has 1 unspecified atom stereocenters. The first kappa shape index (κ1) is 16.2. The molecule has 1 fully saturated rings. The van der Waals surface area contributed by atoms with E-state index in [2.05, 4.69) is 32.5 Å². The molecule has 1 heterocycles. The van der Waals surface area contributed by atoms with E-state index in [9.17, 15) is 8.42 Å². The van der Waals surface area contributed by atoms with E-state index in [0.717, 1.165) is 26.1 Å². The van der Waals surface area contributed by atoms with Crippen molar-refractivity contribution in [2.24, 2.45) is 5.92 Å². The van der Waals surface area contributed by atoms with Gasteiger partial charge in [0.1, 0.15) is 0 Å². The van der Waals surface area contributed by atoms with Gasteiger partial charge < -0.3 is 4.90 Å².